The fourth-order valence-electron chi connectivity index (χ4n) is 1.90. The quantitative estimate of drug-likeness (QED) is 0.807. The Bertz CT molecular complexity index is 381. The number of carbonyl (C=O) groups excluding carboxylic acids is 1. The van der Waals surface area contributed by atoms with Crippen LogP contribution in [0.4, 0.5) is 0 Å². The van der Waals surface area contributed by atoms with Crippen LogP contribution in [0.3, 0.4) is 0 Å². The molecule has 0 heterocycles. The number of hydrogen-bond donors (Lipinski definition) is 1. The smallest absolute Gasteiger partial charge is 0.251 e. The zero-order valence-electron chi connectivity index (χ0n) is 11.1. The van der Waals surface area contributed by atoms with Crippen molar-refractivity contribution in [2.75, 3.05) is 19.6 Å². The highest BCUT2D eigenvalue weighted by atomic mass is 35.5. The Kier molecular flexibility index (Phi) is 6.16. The summed E-state index contributed by atoms with van der Waals surface area (Å²) in [5, 5.41) is 2.94. The molecule has 0 saturated heterocycles. The second-order valence-corrected chi connectivity index (χ2v) is 4.86. The van der Waals surface area contributed by atoms with Crippen molar-refractivity contribution in [2.45, 2.75) is 26.3 Å². The minimum Gasteiger partial charge on any atom is -0.383 e. The lowest BCUT2D eigenvalue weighted by atomic mass is 10.1. The van der Waals surface area contributed by atoms with Crippen molar-refractivity contribution in [3.05, 3.63) is 34.9 Å². The van der Waals surface area contributed by atoms with Crippen LogP contribution in [-0.2, 0) is 4.74 Å². The first-order chi connectivity index (χ1) is 8.56. The summed E-state index contributed by atoms with van der Waals surface area (Å²) in [7, 11) is 1.62. The molecule has 1 N–H and O–H groups in total. The molecule has 0 radical (unpaired) electrons. The SMILES string of the molecule is COCC(CCCl)NC(=O)c1cc(C)cc(C)c1. The van der Waals surface area contributed by atoms with Crippen molar-refractivity contribution in [3.63, 3.8) is 0 Å². The Labute approximate surface area is 113 Å². The van der Waals surface area contributed by atoms with Crippen molar-refractivity contribution in [1.29, 1.82) is 0 Å². The van der Waals surface area contributed by atoms with Crippen LogP contribution in [0.2, 0.25) is 0 Å². The Balaban J connectivity index is 2.73. The molecule has 0 aromatic heterocycles. The van der Waals surface area contributed by atoms with Gasteiger partial charge < -0.3 is 10.1 Å². The molecule has 1 aromatic rings. The van der Waals surface area contributed by atoms with Crippen molar-refractivity contribution in [1.82, 2.24) is 5.32 Å². The molecule has 3 nitrogen and oxygen atoms in total. The van der Waals surface area contributed by atoms with Crippen molar-refractivity contribution in [3.8, 4) is 0 Å². The number of carbonyl (C=O) groups is 1. The molecule has 0 bridgehead atoms. The van der Waals surface area contributed by atoms with E-state index in [-0.39, 0.29) is 11.9 Å². The first kappa shape index (κ1) is 15.0. The number of halogens is 1. The summed E-state index contributed by atoms with van der Waals surface area (Å²) in [5.74, 6) is 0.426. The van der Waals surface area contributed by atoms with Gasteiger partial charge >= 0.3 is 0 Å². The summed E-state index contributed by atoms with van der Waals surface area (Å²) >= 11 is 5.71. The van der Waals surface area contributed by atoms with E-state index in [4.69, 9.17) is 16.3 Å². The van der Waals surface area contributed by atoms with Gasteiger partial charge in [0.2, 0.25) is 0 Å². The zero-order chi connectivity index (χ0) is 13.5. The molecule has 18 heavy (non-hydrogen) atoms. The molecule has 0 saturated carbocycles. The monoisotopic (exact) mass is 269 g/mol. The van der Waals surface area contributed by atoms with E-state index in [1.807, 2.05) is 32.0 Å². The highest BCUT2D eigenvalue weighted by Crippen LogP contribution is 2.09. The second-order valence-electron chi connectivity index (χ2n) is 4.48. The van der Waals surface area contributed by atoms with E-state index in [1.165, 1.54) is 0 Å². The minimum absolute atomic E-state index is 0.0409. The number of methoxy groups -OCH3 is 1. The molecule has 1 amide bonds. The lowest BCUT2D eigenvalue weighted by Gasteiger charge is -2.17. The fourth-order valence-corrected chi connectivity index (χ4v) is 2.17. The summed E-state index contributed by atoms with van der Waals surface area (Å²) in [6.07, 6.45) is 0.700. The molecule has 1 aromatic carbocycles. The number of hydrogen-bond acceptors (Lipinski definition) is 2. The van der Waals surface area contributed by atoms with Crippen LogP contribution in [0, 0.1) is 13.8 Å². The summed E-state index contributed by atoms with van der Waals surface area (Å²) in [6, 6.07) is 5.77. The van der Waals surface area contributed by atoms with Crippen LogP contribution in [0.5, 0.6) is 0 Å². The van der Waals surface area contributed by atoms with Gasteiger partial charge in [-0.2, -0.15) is 0 Å². The maximum absolute atomic E-state index is 12.1. The van der Waals surface area contributed by atoms with Gasteiger partial charge in [-0.15, -0.1) is 11.6 Å². The van der Waals surface area contributed by atoms with Gasteiger partial charge in [0.05, 0.1) is 12.6 Å². The number of alkyl halides is 1. The third-order valence-electron chi connectivity index (χ3n) is 2.64. The van der Waals surface area contributed by atoms with Crippen LogP contribution in [0.15, 0.2) is 18.2 Å². The van der Waals surface area contributed by atoms with Gasteiger partial charge in [0.25, 0.3) is 5.91 Å². The minimum atomic E-state index is -0.0750. The summed E-state index contributed by atoms with van der Waals surface area (Å²) in [5.41, 5.74) is 2.85. The van der Waals surface area contributed by atoms with E-state index >= 15 is 0 Å². The van der Waals surface area contributed by atoms with Gasteiger partial charge in [0, 0.05) is 18.6 Å². The number of ether oxygens (including phenoxy) is 1. The molecule has 0 spiro atoms. The predicted molar refractivity (Wildman–Crippen MR) is 74.4 cm³/mol. The van der Waals surface area contributed by atoms with Crippen LogP contribution < -0.4 is 5.32 Å². The third-order valence-corrected chi connectivity index (χ3v) is 2.86. The molecular weight excluding hydrogens is 250 g/mol. The van der Waals surface area contributed by atoms with Crippen molar-refractivity contribution >= 4 is 17.5 Å². The normalized spacial score (nSPS) is 12.2. The standard InChI is InChI=1S/C14H20ClNO2/c1-10-6-11(2)8-12(7-10)14(17)16-13(4-5-15)9-18-3/h6-8,13H,4-5,9H2,1-3H3,(H,16,17). The van der Waals surface area contributed by atoms with E-state index in [2.05, 4.69) is 5.32 Å². The highest BCUT2D eigenvalue weighted by Gasteiger charge is 2.13. The molecule has 0 fully saturated rings. The van der Waals surface area contributed by atoms with Crippen LogP contribution in [-0.4, -0.2) is 31.5 Å². The van der Waals surface area contributed by atoms with E-state index in [0.717, 1.165) is 11.1 Å². The van der Waals surface area contributed by atoms with Gasteiger partial charge in [0.1, 0.15) is 0 Å². The first-order valence-electron chi connectivity index (χ1n) is 6.01. The molecule has 0 aliphatic heterocycles. The van der Waals surface area contributed by atoms with Crippen molar-refractivity contribution < 1.29 is 9.53 Å². The molecule has 1 rings (SSSR count). The molecule has 1 unspecified atom stereocenters. The summed E-state index contributed by atoms with van der Waals surface area (Å²) in [6.45, 7) is 4.44. The lowest BCUT2D eigenvalue weighted by molar-refractivity contribution is 0.0895. The molecule has 4 heteroatoms. The van der Waals surface area contributed by atoms with E-state index < -0.39 is 0 Å². The molecule has 1 atom stereocenters. The highest BCUT2D eigenvalue weighted by molar-refractivity contribution is 6.17. The fraction of sp³-hybridized carbons (Fsp3) is 0.500. The number of aryl methyl sites for hydroxylation is 2. The summed E-state index contributed by atoms with van der Waals surface area (Å²) < 4.78 is 5.07. The second kappa shape index (κ2) is 7.39. The Morgan fingerprint density at radius 1 is 1.33 bits per heavy atom. The van der Waals surface area contributed by atoms with Crippen LogP contribution in [0.25, 0.3) is 0 Å². The van der Waals surface area contributed by atoms with E-state index in [1.54, 1.807) is 7.11 Å². The zero-order valence-corrected chi connectivity index (χ0v) is 11.9. The number of nitrogens with one attached hydrogen (secondary N) is 1. The molecular formula is C14H20ClNO2. The average Bonchev–Trinajstić information content (AvgIpc) is 2.28. The van der Waals surface area contributed by atoms with Crippen LogP contribution >= 0.6 is 11.6 Å². The van der Waals surface area contributed by atoms with E-state index in [9.17, 15) is 4.79 Å². The third kappa shape index (κ3) is 4.67. The van der Waals surface area contributed by atoms with Gasteiger partial charge in [-0.3, -0.25) is 4.79 Å². The predicted octanol–water partition coefficient (Wildman–Crippen LogP) is 2.68. The average molecular weight is 270 g/mol. The summed E-state index contributed by atoms with van der Waals surface area (Å²) in [4.78, 5) is 12.1. The Morgan fingerprint density at radius 3 is 2.44 bits per heavy atom. The van der Waals surface area contributed by atoms with E-state index in [0.29, 0.717) is 24.5 Å². The number of benzene rings is 1. The topological polar surface area (TPSA) is 38.3 Å². The lowest BCUT2D eigenvalue weighted by Crippen LogP contribution is -2.38. The number of amides is 1. The molecule has 100 valence electrons. The largest absolute Gasteiger partial charge is 0.383 e. The van der Waals surface area contributed by atoms with Gasteiger partial charge in [0.15, 0.2) is 0 Å². The Hall–Kier alpha value is -1.06. The first-order valence-corrected chi connectivity index (χ1v) is 6.54. The van der Waals surface area contributed by atoms with Crippen molar-refractivity contribution in [2.24, 2.45) is 0 Å². The van der Waals surface area contributed by atoms with Gasteiger partial charge in [-0.25, -0.2) is 0 Å². The van der Waals surface area contributed by atoms with Crippen LogP contribution in [0.1, 0.15) is 27.9 Å². The number of rotatable bonds is 6. The maximum atomic E-state index is 12.1. The molecule has 0 aliphatic carbocycles. The maximum Gasteiger partial charge on any atom is 0.251 e. The van der Waals surface area contributed by atoms with Gasteiger partial charge in [-0.1, -0.05) is 17.2 Å². The molecule has 0 aliphatic rings. The van der Waals surface area contributed by atoms with Gasteiger partial charge in [-0.05, 0) is 32.4 Å². The Morgan fingerprint density at radius 2 is 1.94 bits per heavy atom.